The molecule has 0 radical (unpaired) electrons. The minimum Gasteiger partial charge on any atom is -0.379 e. The molecule has 30 heavy (non-hydrogen) atoms. The van der Waals surface area contributed by atoms with Crippen molar-refractivity contribution in [3.8, 4) is 0 Å². The summed E-state index contributed by atoms with van der Waals surface area (Å²) in [5.41, 5.74) is 0. The highest BCUT2D eigenvalue weighted by atomic mass is 32.2. The summed E-state index contributed by atoms with van der Waals surface area (Å²) >= 11 is 21.3. The third-order valence-electron chi connectivity index (χ3n) is 3.54. The van der Waals surface area contributed by atoms with Crippen molar-refractivity contribution < 1.29 is 18.9 Å². The number of thiol groups is 4. The van der Waals surface area contributed by atoms with Gasteiger partial charge in [-0.3, -0.25) is 0 Å². The molecular weight excluding hydrogens is 497 g/mol. The summed E-state index contributed by atoms with van der Waals surface area (Å²) in [5.74, 6) is 2.74. The molecule has 0 bridgehead atoms. The smallest absolute Gasteiger partial charge is 0.0717 e. The van der Waals surface area contributed by atoms with Gasteiger partial charge in [0.25, 0.3) is 0 Å². The summed E-state index contributed by atoms with van der Waals surface area (Å²) < 4.78 is 23.3. The second-order valence-corrected chi connectivity index (χ2v) is 13.9. The zero-order valence-corrected chi connectivity index (χ0v) is 24.0. The Hall–Kier alpha value is 1.94. The fraction of sp³-hybridized carbons (Fsp3) is 1.00. The Balaban J connectivity index is 4.78. The van der Waals surface area contributed by atoms with E-state index in [-0.39, 0.29) is 25.7 Å². The number of hydrogen-bond acceptors (Lipinski definition) is 10. The Morgan fingerprint density at radius 2 is 1.03 bits per heavy atom. The van der Waals surface area contributed by atoms with E-state index in [2.05, 4.69) is 50.5 Å². The second kappa shape index (κ2) is 20.3. The largest absolute Gasteiger partial charge is 0.379 e. The molecule has 4 atom stereocenters. The van der Waals surface area contributed by atoms with E-state index >= 15 is 0 Å². The zero-order valence-electron chi connectivity index (χ0n) is 18.8. The first-order valence-electron chi connectivity index (χ1n) is 10.4. The van der Waals surface area contributed by atoms with E-state index in [9.17, 15) is 0 Å². The SMILES string of the molecule is CC(S)COCCSCC(COCC(C)S)(COCC(C)S)SCCOCC(C)S. The van der Waals surface area contributed by atoms with Crippen LogP contribution in [0.15, 0.2) is 0 Å². The number of rotatable bonds is 21. The van der Waals surface area contributed by atoms with Crippen LogP contribution >= 0.6 is 74.0 Å². The lowest BCUT2D eigenvalue weighted by atomic mass is 10.2. The Morgan fingerprint density at radius 1 is 0.633 bits per heavy atom. The Morgan fingerprint density at radius 3 is 1.47 bits per heavy atom. The van der Waals surface area contributed by atoms with Crippen molar-refractivity contribution in [2.75, 3.05) is 70.1 Å². The molecule has 0 aromatic rings. The molecule has 0 aliphatic carbocycles. The highest BCUT2D eigenvalue weighted by Gasteiger charge is 2.32. The van der Waals surface area contributed by atoms with Crippen LogP contribution in [0.1, 0.15) is 27.7 Å². The molecular formula is C20H42O4S6. The molecule has 0 aliphatic rings. The molecule has 0 N–H and O–H groups in total. The molecule has 4 unspecified atom stereocenters. The summed E-state index contributed by atoms with van der Waals surface area (Å²) in [6.07, 6.45) is 0. The minimum atomic E-state index is -0.150. The fourth-order valence-electron chi connectivity index (χ4n) is 2.28. The van der Waals surface area contributed by atoms with Gasteiger partial charge in [-0.25, -0.2) is 0 Å². The van der Waals surface area contributed by atoms with Crippen LogP contribution in [0.4, 0.5) is 0 Å². The summed E-state index contributed by atoms with van der Waals surface area (Å²) in [4.78, 5) is 0. The molecule has 0 aliphatic heterocycles. The van der Waals surface area contributed by atoms with Crippen LogP contribution in [0, 0.1) is 0 Å². The van der Waals surface area contributed by atoms with Gasteiger partial charge in [-0.1, -0.05) is 27.7 Å². The molecule has 0 heterocycles. The molecule has 0 saturated heterocycles. The van der Waals surface area contributed by atoms with Crippen molar-refractivity contribution in [2.45, 2.75) is 53.4 Å². The first-order chi connectivity index (χ1) is 14.2. The van der Waals surface area contributed by atoms with Crippen molar-refractivity contribution in [1.82, 2.24) is 0 Å². The summed E-state index contributed by atoms with van der Waals surface area (Å²) in [5, 5.41) is 0.916. The van der Waals surface area contributed by atoms with Crippen molar-refractivity contribution in [3.05, 3.63) is 0 Å². The topological polar surface area (TPSA) is 36.9 Å². The van der Waals surface area contributed by atoms with E-state index in [0.29, 0.717) is 46.2 Å². The highest BCUT2D eigenvalue weighted by Crippen LogP contribution is 2.31. The Kier molecular flexibility index (Phi) is 21.6. The first-order valence-corrected chi connectivity index (χ1v) is 14.6. The average Bonchev–Trinajstić information content (AvgIpc) is 2.63. The molecule has 0 fully saturated rings. The fourth-order valence-corrected chi connectivity index (χ4v) is 5.17. The van der Waals surface area contributed by atoms with Gasteiger partial charge >= 0.3 is 0 Å². The zero-order chi connectivity index (χ0) is 22.8. The molecule has 0 aromatic carbocycles. The van der Waals surface area contributed by atoms with Gasteiger partial charge in [-0.2, -0.15) is 62.3 Å². The summed E-state index contributed by atoms with van der Waals surface area (Å²) in [7, 11) is 0. The highest BCUT2D eigenvalue weighted by molar-refractivity contribution is 8.04. The predicted octanol–water partition coefficient (Wildman–Crippen LogP) is 4.53. The minimum absolute atomic E-state index is 0.150. The molecule has 0 saturated carbocycles. The number of thioether (sulfide) groups is 2. The molecule has 182 valence electrons. The third kappa shape index (κ3) is 20.5. The molecule has 0 aromatic heterocycles. The number of hydrogen-bond donors (Lipinski definition) is 4. The lowest BCUT2D eigenvalue weighted by molar-refractivity contribution is 0.0640. The standard InChI is InChI=1S/C20H42O4S6/c1-16(25)9-21-5-7-29-15-20(13-23-11-18(3)27,14-24-12-19(4)28)30-8-6-22-10-17(2)26/h16-19,25-28H,5-15H2,1-4H3. The van der Waals surface area contributed by atoms with Gasteiger partial charge in [0, 0.05) is 38.3 Å². The van der Waals surface area contributed by atoms with Gasteiger partial charge in [0.1, 0.15) is 0 Å². The Bertz CT molecular complexity index is 372. The first kappa shape index (κ1) is 31.9. The van der Waals surface area contributed by atoms with Crippen molar-refractivity contribution in [3.63, 3.8) is 0 Å². The van der Waals surface area contributed by atoms with Crippen LogP contribution < -0.4 is 0 Å². The van der Waals surface area contributed by atoms with Gasteiger partial charge in [0.2, 0.25) is 0 Å². The van der Waals surface area contributed by atoms with E-state index in [1.54, 1.807) is 0 Å². The molecule has 4 nitrogen and oxygen atoms in total. The average molecular weight is 539 g/mol. The normalized spacial score (nSPS) is 18.0. The van der Waals surface area contributed by atoms with Crippen molar-refractivity contribution in [2.24, 2.45) is 0 Å². The van der Waals surface area contributed by atoms with Crippen molar-refractivity contribution >= 4 is 74.0 Å². The van der Waals surface area contributed by atoms with E-state index in [4.69, 9.17) is 18.9 Å². The third-order valence-corrected chi connectivity index (χ3v) is 6.89. The van der Waals surface area contributed by atoms with Crippen molar-refractivity contribution in [1.29, 1.82) is 0 Å². The lowest BCUT2D eigenvalue weighted by Crippen LogP contribution is -2.41. The van der Waals surface area contributed by atoms with E-state index in [1.807, 2.05) is 51.2 Å². The van der Waals surface area contributed by atoms with Crippen LogP contribution in [0.2, 0.25) is 0 Å². The maximum Gasteiger partial charge on any atom is 0.0717 e. The molecule has 0 rings (SSSR count). The number of ether oxygens (including phenoxy) is 4. The second-order valence-electron chi connectivity index (χ2n) is 7.66. The van der Waals surface area contributed by atoms with Gasteiger partial charge in [-0.05, 0) is 0 Å². The van der Waals surface area contributed by atoms with E-state index < -0.39 is 0 Å². The van der Waals surface area contributed by atoms with Crippen LogP contribution in [-0.2, 0) is 18.9 Å². The predicted molar refractivity (Wildman–Crippen MR) is 150 cm³/mol. The maximum absolute atomic E-state index is 6.02. The summed E-state index contributed by atoms with van der Waals surface area (Å²) in [6.45, 7) is 13.4. The van der Waals surface area contributed by atoms with Gasteiger partial charge in [0.05, 0.1) is 57.6 Å². The quantitative estimate of drug-likeness (QED) is 0.127. The molecule has 10 heteroatoms. The Labute approximate surface area is 215 Å². The van der Waals surface area contributed by atoms with Crippen LogP contribution in [0.25, 0.3) is 0 Å². The summed E-state index contributed by atoms with van der Waals surface area (Å²) in [6, 6.07) is 0. The van der Waals surface area contributed by atoms with Crippen LogP contribution in [-0.4, -0.2) is 95.9 Å². The molecule has 0 amide bonds. The van der Waals surface area contributed by atoms with Gasteiger partial charge < -0.3 is 18.9 Å². The molecule has 0 spiro atoms. The van der Waals surface area contributed by atoms with Gasteiger partial charge in [0.15, 0.2) is 0 Å². The van der Waals surface area contributed by atoms with Crippen LogP contribution in [0.5, 0.6) is 0 Å². The van der Waals surface area contributed by atoms with E-state index in [0.717, 1.165) is 23.9 Å². The van der Waals surface area contributed by atoms with Crippen LogP contribution in [0.3, 0.4) is 0 Å². The van der Waals surface area contributed by atoms with E-state index in [1.165, 1.54) is 0 Å². The lowest BCUT2D eigenvalue weighted by Gasteiger charge is -2.33. The monoisotopic (exact) mass is 538 g/mol. The maximum atomic E-state index is 6.02. The van der Waals surface area contributed by atoms with Gasteiger partial charge in [-0.15, -0.1) is 11.8 Å².